The average molecular weight is 317 g/mol. The van der Waals surface area contributed by atoms with Crippen LogP contribution in [-0.4, -0.2) is 43.3 Å². The van der Waals surface area contributed by atoms with Crippen LogP contribution < -0.4 is 0 Å². The van der Waals surface area contributed by atoms with Crippen LogP contribution in [0.5, 0.6) is 0 Å². The fourth-order valence-electron chi connectivity index (χ4n) is 4.36. The number of hydrogen-bond acceptors (Lipinski definition) is 3. The van der Waals surface area contributed by atoms with Gasteiger partial charge in [0, 0.05) is 24.5 Å². The van der Waals surface area contributed by atoms with Gasteiger partial charge in [0.05, 0.1) is 13.0 Å². The molecule has 3 nitrogen and oxygen atoms in total. The molecule has 4 atom stereocenters. The van der Waals surface area contributed by atoms with E-state index in [0.717, 1.165) is 19.3 Å². The quantitative estimate of drug-likeness (QED) is 0.616. The van der Waals surface area contributed by atoms with E-state index in [1.165, 1.54) is 12.7 Å². The molecule has 124 valence electrons. The van der Waals surface area contributed by atoms with Crippen LogP contribution in [0.2, 0.25) is 0 Å². The molecule has 0 aliphatic carbocycles. The fraction of sp³-hybridized carbons (Fsp3) is 0.526. The summed E-state index contributed by atoms with van der Waals surface area (Å²) >= 11 is 0. The zero-order valence-electron chi connectivity index (χ0n) is 13.5. The Kier molecular flexibility index (Phi) is 5.11. The zero-order valence-corrected chi connectivity index (χ0v) is 13.5. The molecule has 0 aromatic heterocycles. The average Bonchev–Trinajstić information content (AvgIpc) is 2.87. The van der Waals surface area contributed by atoms with E-state index in [1.54, 1.807) is 6.08 Å². The van der Waals surface area contributed by atoms with Crippen LogP contribution in [0.4, 0.5) is 4.39 Å². The highest BCUT2D eigenvalue weighted by molar-refractivity contribution is 5.75. The van der Waals surface area contributed by atoms with Crippen molar-refractivity contribution < 1.29 is 13.9 Å². The number of halogens is 1. The van der Waals surface area contributed by atoms with E-state index >= 15 is 0 Å². The Labute approximate surface area is 137 Å². The summed E-state index contributed by atoms with van der Waals surface area (Å²) in [5, 5.41) is 0. The minimum atomic E-state index is -0.434. The number of rotatable bonds is 5. The summed E-state index contributed by atoms with van der Waals surface area (Å²) < 4.78 is 17.4. The minimum absolute atomic E-state index is 0.122. The van der Waals surface area contributed by atoms with Gasteiger partial charge in [-0.1, -0.05) is 42.5 Å². The van der Waals surface area contributed by atoms with Crippen molar-refractivity contribution in [3.63, 3.8) is 0 Å². The van der Waals surface area contributed by atoms with Crippen LogP contribution in [0.25, 0.3) is 0 Å². The standard InChI is InChI=1S/C19H24FNO2/c1-23-19(22)18-16(14-7-3-2-4-8-14)13-15-9-10-17(18)21(15)12-6-5-11-20/h2-8,15-18H,9-13H2,1H3/b6-5+/t15-,16+,17+,18-/m0/s1. The van der Waals surface area contributed by atoms with Gasteiger partial charge < -0.3 is 4.74 Å². The lowest BCUT2D eigenvalue weighted by Gasteiger charge is -2.43. The van der Waals surface area contributed by atoms with Gasteiger partial charge in [-0.25, -0.2) is 4.39 Å². The number of carbonyl (C=O) groups is 1. The van der Waals surface area contributed by atoms with Crippen molar-refractivity contribution in [2.45, 2.75) is 37.3 Å². The maximum Gasteiger partial charge on any atom is 0.310 e. The van der Waals surface area contributed by atoms with Gasteiger partial charge in [0.25, 0.3) is 0 Å². The molecule has 1 aromatic rings. The predicted octanol–water partition coefficient (Wildman–Crippen LogP) is 3.32. The van der Waals surface area contributed by atoms with Gasteiger partial charge in [-0.2, -0.15) is 0 Å². The van der Waals surface area contributed by atoms with Crippen molar-refractivity contribution in [1.29, 1.82) is 0 Å². The number of allylic oxidation sites excluding steroid dienone is 1. The largest absolute Gasteiger partial charge is 0.469 e. The number of hydrogen-bond donors (Lipinski definition) is 0. The van der Waals surface area contributed by atoms with Gasteiger partial charge in [-0.3, -0.25) is 9.69 Å². The lowest BCUT2D eigenvalue weighted by atomic mass is 9.76. The summed E-state index contributed by atoms with van der Waals surface area (Å²) in [5.41, 5.74) is 1.22. The molecule has 2 fully saturated rings. The highest BCUT2D eigenvalue weighted by Crippen LogP contribution is 2.47. The normalized spacial score (nSPS) is 30.7. The van der Waals surface area contributed by atoms with Gasteiger partial charge in [-0.15, -0.1) is 0 Å². The molecule has 2 bridgehead atoms. The minimum Gasteiger partial charge on any atom is -0.469 e. The summed E-state index contributed by atoms with van der Waals surface area (Å²) in [6.07, 6.45) is 6.50. The first-order valence-electron chi connectivity index (χ1n) is 8.35. The molecule has 2 aliphatic rings. The number of carbonyl (C=O) groups excluding carboxylic acids is 1. The molecular weight excluding hydrogens is 293 g/mol. The van der Waals surface area contributed by atoms with Gasteiger partial charge >= 0.3 is 5.97 Å². The predicted molar refractivity (Wildman–Crippen MR) is 87.9 cm³/mol. The van der Waals surface area contributed by atoms with Crippen LogP contribution in [0.15, 0.2) is 42.5 Å². The zero-order chi connectivity index (χ0) is 16.2. The number of benzene rings is 1. The van der Waals surface area contributed by atoms with E-state index in [1.807, 2.05) is 24.3 Å². The number of ether oxygens (including phenoxy) is 1. The van der Waals surface area contributed by atoms with Crippen LogP contribution in [0, 0.1) is 5.92 Å². The highest BCUT2D eigenvalue weighted by atomic mass is 19.1. The molecule has 0 saturated carbocycles. The Balaban J connectivity index is 1.87. The number of alkyl halides is 1. The van der Waals surface area contributed by atoms with Crippen molar-refractivity contribution in [2.24, 2.45) is 5.92 Å². The third-order valence-electron chi connectivity index (χ3n) is 5.34. The molecule has 0 spiro atoms. The van der Waals surface area contributed by atoms with Crippen LogP contribution >= 0.6 is 0 Å². The first kappa shape index (κ1) is 16.2. The summed E-state index contributed by atoms with van der Waals surface area (Å²) in [6, 6.07) is 10.9. The molecule has 0 radical (unpaired) electrons. The van der Waals surface area contributed by atoms with Gasteiger partial charge in [0.2, 0.25) is 0 Å². The molecule has 2 aliphatic heterocycles. The molecule has 4 heteroatoms. The number of esters is 1. The molecule has 2 heterocycles. The topological polar surface area (TPSA) is 29.5 Å². The monoisotopic (exact) mass is 317 g/mol. The van der Waals surface area contributed by atoms with E-state index in [4.69, 9.17) is 4.74 Å². The Morgan fingerprint density at radius 3 is 2.78 bits per heavy atom. The van der Waals surface area contributed by atoms with E-state index in [-0.39, 0.29) is 23.8 Å². The second-order valence-electron chi connectivity index (χ2n) is 6.42. The molecule has 0 amide bonds. The number of piperidine rings is 1. The second-order valence-corrected chi connectivity index (χ2v) is 6.42. The highest BCUT2D eigenvalue weighted by Gasteiger charge is 2.50. The molecule has 3 rings (SSSR count). The van der Waals surface area contributed by atoms with Crippen molar-refractivity contribution in [1.82, 2.24) is 4.90 Å². The van der Waals surface area contributed by atoms with E-state index in [2.05, 4.69) is 17.0 Å². The van der Waals surface area contributed by atoms with Crippen molar-refractivity contribution >= 4 is 5.97 Å². The molecule has 23 heavy (non-hydrogen) atoms. The molecular formula is C19H24FNO2. The first-order chi connectivity index (χ1) is 11.3. The third-order valence-corrected chi connectivity index (χ3v) is 5.34. The van der Waals surface area contributed by atoms with Gasteiger partial charge in [-0.05, 0) is 24.8 Å². The van der Waals surface area contributed by atoms with Crippen molar-refractivity contribution in [2.75, 3.05) is 20.3 Å². The van der Waals surface area contributed by atoms with E-state index < -0.39 is 6.67 Å². The van der Waals surface area contributed by atoms with Crippen LogP contribution in [-0.2, 0) is 9.53 Å². The number of fused-ring (bicyclic) bond motifs is 2. The Bertz CT molecular complexity index is 560. The smallest absolute Gasteiger partial charge is 0.310 e. The molecule has 1 aromatic carbocycles. The van der Waals surface area contributed by atoms with Crippen molar-refractivity contribution in [3.8, 4) is 0 Å². The van der Waals surface area contributed by atoms with E-state index in [9.17, 15) is 9.18 Å². The number of methoxy groups -OCH3 is 1. The Morgan fingerprint density at radius 1 is 1.30 bits per heavy atom. The summed E-state index contributed by atoms with van der Waals surface area (Å²) in [5.74, 6) is -0.0499. The van der Waals surface area contributed by atoms with Crippen LogP contribution in [0.1, 0.15) is 30.7 Å². The third kappa shape index (κ3) is 3.18. The summed E-state index contributed by atoms with van der Waals surface area (Å²) in [6.45, 7) is 0.282. The fourth-order valence-corrected chi connectivity index (χ4v) is 4.36. The lowest BCUT2D eigenvalue weighted by Crippen LogP contribution is -2.50. The Hall–Kier alpha value is -1.68. The first-order valence-corrected chi connectivity index (χ1v) is 8.35. The van der Waals surface area contributed by atoms with Gasteiger partial charge in [0.1, 0.15) is 6.67 Å². The maximum atomic E-state index is 12.5. The van der Waals surface area contributed by atoms with E-state index in [0.29, 0.717) is 12.6 Å². The van der Waals surface area contributed by atoms with Crippen molar-refractivity contribution in [3.05, 3.63) is 48.0 Å². The molecule has 2 saturated heterocycles. The second kappa shape index (κ2) is 7.26. The lowest BCUT2D eigenvalue weighted by molar-refractivity contribution is -0.150. The summed E-state index contributed by atoms with van der Waals surface area (Å²) in [4.78, 5) is 14.9. The van der Waals surface area contributed by atoms with Crippen LogP contribution in [0.3, 0.4) is 0 Å². The Morgan fingerprint density at radius 2 is 2.09 bits per heavy atom. The maximum absolute atomic E-state index is 12.5. The summed E-state index contributed by atoms with van der Waals surface area (Å²) in [7, 11) is 1.47. The molecule has 0 N–H and O–H groups in total. The SMILES string of the molecule is COC(=O)[C@H]1[C@@H](c2ccccc2)C[C@@H]2CC[C@H]1N2C/C=C/CF. The molecule has 0 unspecified atom stereocenters. The van der Waals surface area contributed by atoms with Gasteiger partial charge in [0.15, 0.2) is 0 Å². The number of nitrogens with zero attached hydrogens (tertiary/aromatic N) is 1.